The van der Waals surface area contributed by atoms with E-state index < -0.39 is 46.8 Å². The first-order valence-corrected chi connectivity index (χ1v) is 18.3. The fraction of sp³-hybridized carbons (Fsp3) is 0.286. The first kappa shape index (κ1) is 34.9. The van der Waals surface area contributed by atoms with Crippen molar-refractivity contribution >= 4 is 52.5 Å². The summed E-state index contributed by atoms with van der Waals surface area (Å²) in [5.41, 5.74) is 6.06. The molecular weight excluding hydrogens is 713 g/mol. The fourth-order valence-corrected chi connectivity index (χ4v) is 9.81. The topological polar surface area (TPSA) is 116 Å². The smallest absolute Gasteiger partial charge is 0.260 e. The molecule has 4 aromatic carbocycles. The normalized spacial score (nSPS) is 26.3. The molecule has 0 aromatic heterocycles. The number of carbonyl (C=O) groups excluding carboxylic acids is 4. The number of fused-ring (bicyclic) bond motifs is 4. The molecule has 1 saturated carbocycles. The van der Waals surface area contributed by atoms with E-state index >= 15 is 4.79 Å². The molecule has 2 aliphatic heterocycles. The predicted octanol–water partition coefficient (Wildman–Crippen LogP) is 7.51. The Morgan fingerprint density at radius 2 is 1.57 bits per heavy atom. The molecule has 9 nitrogen and oxygen atoms in total. The van der Waals surface area contributed by atoms with Gasteiger partial charge in [-0.3, -0.25) is 29.5 Å². The quantitative estimate of drug-likeness (QED) is 0.148. The summed E-state index contributed by atoms with van der Waals surface area (Å²) in [5.74, 6) is -4.26. The second kappa shape index (κ2) is 13.1. The molecular formula is C42H37Cl2N3O6. The number of aromatic hydroxyl groups is 1. The number of ether oxygens (including phenoxy) is 1. The van der Waals surface area contributed by atoms with Crippen molar-refractivity contribution < 1.29 is 29.0 Å². The van der Waals surface area contributed by atoms with E-state index in [1.54, 1.807) is 45.2 Å². The molecule has 0 radical (unpaired) electrons. The van der Waals surface area contributed by atoms with Gasteiger partial charge in [0.05, 0.1) is 47.5 Å². The van der Waals surface area contributed by atoms with Crippen LogP contribution in [0, 0.1) is 37.5 Å². The second-order valence-corrected chi connectivity index (χ2v) is 15.3. The van der Waals surface area contributed by atoms with Crippen molar-refractivity contribution in [3.8, 4) is 11.5 Å². The second-order valence-electron chi connectivity index (χ2n) is 14.5. The van der Waals surface area contributed by atoms with Gasteiger partial charge in [0.25, 0.3) is 11.8 Å². The molecule has 0 bridgehead atoms. The Balaban J connectivity index is 1.32. The van der Waals surface area contributed by atoms with Crippen LogP contribution in [0.3, 0.4) is 0 Å². The standard InChI is InChI=1S/C42H37Cl2N3O6/c1-22-17-25(18-23(2)37(22)48)36-29-14-15-30-35(40(51)46(38(30)49)21-24-7-5-4-6-8-24)31(29)20-32-39(50)47(45-34-16-11-27(43)19-33(34)44)41(52)42(32,36)26-9-12-28(53-3)13-10-26/h4-14,16-19,30-32,35-36,45,48H,15,20-21H2,1-3H3/t30-,31+,32-,35-,36-,42+/m0/s1. The maximum Gasteiger partial charge on any atom is 0.260 e. The number of aryl methyl sites for hydroxylation is 2. The molecule has 2 aliphatic carbocycles. The maximum atomic E-state index is 15.4. The molecule has 0 unspecified atom stereocenters. The molecule has 11 heteroatoms. The zero-order valence-electron chi connectivity index (χ0n) is 29.3. The number of allylic oxidation sites excluding steroid dienone is 2. The van der Waals surface area contributed by atoms with Crippen LogP contribution in [0.4, 0.5) is 5.69 Å². The molecule has 2 heterocycles. The predicted molar refractivity (Wildman–Crippen MR) is 200 cm³/mol. The zero-order chi connectivity index (χ0) is 37.3. The number of likely N-dealkylation sites (tertiary alicyclic amines) is 1. The van der Waals surface area contributed by atoms with Crippen LogP contribution in [0.5, 0.6) is 11.5 Å². The first-order chi connectivity index (χ1) is 25.4. The van der Waals surface area contributed by atoms with Gasteiger partial charge in [-0.25, -0.2) is 0 Å². The van der Waals surface area contributed by atoms with Gasteiger partial charge in [0.2, 0.25) is 11.8 Å². The van der Waals surface area contributed by atoms with Crippen LogP contribution >= 0.6 is 23.2 Å². The number of anilines is 1. The van der Waals surface area contributed by atoms with Crippen LogP contribution in [0.15, 0.2) is 96.6 Å². The number of nitrogens with one attached hydrogen (secondary N) is 1. The third kappa shape index (κ3) is 5.35. The van der Waals surface area contributed by atoms with Crippen LogP contribution in [0.2, 0.25) is 10.0 Å². The van der Waals surface area contributed by atoms with Gasteiger partial charge >= 0.3 is 0 Å². The Hall–Kier alpha value is -5.12. The molecule has 270 valence electrons. The Morgan fingerprint density at radius 3 is 2.23 bits per heavy atom. The Kier molecular flexibility index (Phi) is 8.62. The number of hydrazine groups is 1. The van der Waals surface area contributed by atoms with Crippen molar-refractivity contribution in [3.05, 3.63) is 134 Å². The van der Waals surface area contributed by atoms with Crippen LogP contribution in [0.1, 0.15) is 46.6 Å². The van der Waals surface area contributed by atoms with Gasteiger partial charge in [0.15, 0.2) is 0 Å². The highest BCUT2D eigenvalue weighted by Crippen LogP contribution is 2.64. The van der Waals surface area contributed by atoms with E-state index in [1.165, 1.54) is 11.0 Å². The molecule has 2 N–H and O–H groups in total. The highest BCUT2D eigenvalue weighted by molar-refractivity contribution is 6.36. The number of amides is 4. The lowest BCUT2D eigenvalue weighted by molar-refractivity contribution is -0.142. The van der Waals surface area contributed by atoms with Gasteiger partial charge in [-0.15, -0.1) is 0 Å². The van der Waals surface area contributed by atoms with E-state index in [0.29, 0.717) is 39.6 Å². The minimum Gasteiger partial charge on any atom is -0.507 e. The van der Waals surface area contributed by atoms with Crippen molar-refractivity contribution in [2.24, 2.45) is 23.7 Å². The summed E-state index contributed by atoms with van der Waals surface area (Å²) in [6.45, 7) is 3.75. The van der Waals surface area contributed by atoms with Gasteiger partial charge in [-0.1, -0.05) is 89.4 Å². The molecule has 6 atom stereocenters. The Morgan fingerprint density at radius 1 is 0.868 bits per heavy atom. The van der Waals surface area contributed by atoms with Crippen molar-refractivity contribution in [3.63, 3.8) is 0 Å². The number of methoxy groups -OCH3 is 1. The average Bonchev–Trinajstić information content (AvgIpc) is 3.52. The highest BCUT2D eigenvalue weighted by atomic mass is 35.5. The summed E-state index contributed by atoms with van der Waals surface area (Å²) in [4.78, 5) is 60.2. The summed E-state index contributed by atoms with van der Waals surface area (Å²) in [6.07, 6.45) is 2.49. The summed E-state index contributed by atoms with van der Waals surface area (Å²) >= 11 is 12.7. The number of carbonyl (C=O) groups is 4. The number of rotatable bonds is 7. The van der Waals surface area contributed by atoms with Crippen LogP contribution < -0.4 is 10.2 Å². The largest absolute Gasteiger partial charge is 0.507 e. The van der Waals surface area contributed by atoms with Gasteiger partial charge in [-0.2, -0.15) is 5.01 Å². The van der Waals surface area contributed by atoms with E-state index in [1.807, 2.05) is 60.7 Å². The number of benzene rings is 4. The van der Waals surface area contributed by atoms with Crippen molar-refractivity contribution in [2.45, 2.75) is 44.6 Å². The van der Waals surface area contributed by atoms with Gasteiger partial charge in [-0.05, 0) is 90.8 Å². The zero-order valence-corrected chi connectivity index (χ0v) is 30.8. The van der Waals surface area contributed by atoms with Gasteiger partial charge < -0.3 is 9.84 Å². The van der Waals surface area contributed by atoms with Crippen LogP contribution in [-0.2, 0) is 31.1 Å². The van der Waals surface area contributed by atoms with Gasteiger partial charge in [0.1, 0.15) is 11.5 Å². The van der Waals surface area contributed by atoms with Crippen molar-refractivity contribution in [2.75, 3.05) is 12.5 Å². The third-order valence-corrected chi connectivity index (χ3v) is 12.2. The molecule has 4 aromatic rings. The lowest BCUT2D eigenvalue weighted by Crippen LogP contribution is -2.53. The van der Waals surface area contributed by atoms with Crippen LogP contribution in [0.25, 0.3) is 0 Å². The minimum absolute atomic E-state index is 0.136. The number of phenolic OH excluding ortho intramolecular Hbond substituents is 1. The van der Waals surface area contributed by atoms with E-state index in [4.69, 9.17) is 27.9 Å². The molecule has 0 spiro atoms. The van der Waals surface area contributed by atoms with E-state index in [-0.39, 0.29) is 35.6 Å². The van der Waals surface area contributed by atoms with Crippen molar-refractivity contribution in [1.82, 2.24) is 9.91 Å². The summed E-state index contributed by atoms with van der Waals surface area (Å²) in [7, 11) is 1.56. The van der Waals surface area contributed by atoms with E-state index in [0.717, 1.165) is 21.7 Å². The number of phenols is 1. The van der Waals surface area contributed by atoms with Crippen LogP contribution in [-0.4, -0.2) is 45.8 Å². The van der Waals surface area contributed by atoms with E-state index in [2.05, 4.69) is 5.43 Å². The maximum absolute atomic E-state index is 15.4. The number of imide groups is 2. The average molecular weight is 751 g/mol. The SMILES string of the molecule is COc1ccc([C@@]23C(=O)N(Nc4ccc(Cl)cc4Cl)C(=O)[C@@H]2C[C@@H]2C(=CC[C@@H]4C(=O)N(Cc5ccccc5)C(=O)[C@@H]42)[C@@H]3c2cc(C)c(O)c(C)c2)cc1. The number of halogens is 2. The molecule has 2 saturated heterocycles. The summed E-state index contributed by atoms with van der Waals surface area (Å²) in [6, 6.07) is 25.1. The van der Waals surface area contributed by atoms with Gasteiger partial charge in [0, 0.05) is 10.9 Å². The number of hydrogen-bond acceptors (Lipinski definition) is 7. The fourth-order valence-electron chi connectivity index (χ4n) is 9.36. The highest BCUT2D eigenvalue weighted by Gasteiger charge is 2.70. The third-order valence-electron chi connectivity index (χ3n) is 11.7. The van der Waals surface area contributed by atoms with Crippen molar-refractivity contribution in [1.29, 1.82) is 0 Å². The summed E-state index contributed by atoms with van der Waals surface area (Å²) in [5, 5.41) is 12.6. The minimum atomic E-state index is -1.49. The first-order valence-electron chi connectivity index (χ1n) is 17.6. The molecule has 3 fully saturated rings. The number of nitrogens with zero attached hydrogens (tertiary/aromatic N) is 2. The lowest BCUT2D eigenvalue weighted by Gasteiger charge is -2.50. The molecule has 4 amide bonds. The Bertz CT molecular complexity index is 2200. The summed E-state index contributed by atoms with van der Waals surface area (Å²) < 4.78 is 5.49. The van der Waals surface area contributed by atoms with E-state index in [9.17, 15) is 19.5 Å². The lowest BCUT2D eigenvalue weighted by atomic mass is 9.49. The molecule has 8 rings (SSSR count). The molecule has 53 heavy (non-hydrogen) atoms. The monoisotopic (exact) mass is 749 g/mol. The Labute approximate surface area is 317 Å². The number of hydrogen-bond donors (Lipinski definition) is 2. The molecule has 4 aliphatic rings.